The summed E-state index contributed by atoms with van der Waals surface area (Å²) in [6.45, 7) is 8.43. The van der Waals surface area contributed by atoms with Crippen LogP contribution in [0.1, 0.15) is 52.9 Å². The predicted molar refractivity (Wildman–Crippen MR) is 162 cm³/mol. The van der Waals surface area contributed by atoms with Crippen molar-refractivity contribution in [1.82, 2.24) is 29.3 Å². The number of halogens is 1. The molecule has 0 aliphatic carbocycles. The zero-order valence-corrected chi connectivity index (χ0v) is 26.9. The molecule has 5 heterocycles. The number of H-pyrrole nitrogens is 1. The Morgan fingerprint density at radius 1 is 1.21 bits per heavy atom. The van der Waals surface area contributed by atoms with Crippen molar-refractivity contribution in [1.29, 1.82) is 5.41 Å². The molecule has 1 aromatic carbocycles. The second-order valence-electron chi connectivity index (χ2n) is 12.4. The fraction of sp³-hybridized carbons (Fsp3) is 0.552. The van der Waals surface area contributed by atoms with Crippen LogP contribution in [-0.2, 0) is 11.3 Å². The zero-order valence-electron chi connectivity index (χ0n) is 24.5. The van der Waals surface area contributed by atoms with Gasteiger partial charge in [0, 0.05) is 35.5 Å². The summed E-state index contributed by atoms with van der Waals surface area (Å²) < 4.78 is 13.8. The molecule has 43 heavy (non-hydrogen) atoms. The largest absolute Gasteiger partial charge is 0.465 e. The summed E-state index contributed by atoms with van der Waals surface area (Å²) in [5.74, 6) is 1.73. The van der Waals surface area contributed by atoms with Gasteiger partial charge in [-0.1, -0.05) is 32.5 Å². The maximum absolute atomic E-state index is 13.9. The Morgan fingerprint density at radius 3 is 2.63 bits per heavy atom. The highest BCUT2D eigenvalue weighted by molar-refractivity contribution is 9.10. The first-order valence-corrected chi connectivity index (χ1v) is 16.2. The van der Waals surface area contributed by atoms with E-state index in [2.05, 4.69) is 25.9 Å². The van der Waals surface area contributed by atoms with Gasteiger partial charge in [0.15, 0.2) is 27.8 Å². The molecule has 14 heteroatoms. The standard InChI is InChI=1S/C29H36BrN7O5S/c1-28(2,3)29(8-4-9-37(29)27(39)40)25(38)35-10-5-17(6-11-35)7-12-36-15-32-23(31)22-24(36)34-26(33-22)43-21-14-20-19(13-18(21)30)41-16-42-20/h13-15,17,31H,4-12,16H2,1-3H3,(H,33,34)(H,39,40)/t29-/m1/s1. The highest BCUT2D eigenvalue weighted by Gasteiger charge is 2.58. The van der Waals surface area contributed by atoms with Crippen molar-refractivity contribution in [3.8, 4) is 11.5 Å². The van der Waals surface area contributed by atoms with Gasteiger partial charge in [-0.3, -0.25) is 15.1 Å². The summed E-state index contributed by atoms with van der Waals surface area (Å²) in [4.78, 5) is 42.6. The number of fused-ring (bicyclic) bond motifs is 2. The Bertz CT molecular complexity index is 1630. The van der Waals surface area contributed by atoms with Crippen molar-refractivity contribution < 1.29 is 24.2 Å². The molecule has 2 amide bonds. The Kier molecular flexibility index (Phi) is 7.86. The van der Waals surface area contributed by atoms with E-state index in [4.69, 9.17) is 19.9 Å². The number of nitrogens with one attached hydrogen (secondary N) is 2. The van der Waals surface area contributed by atoms with Crippen molar-refractivity contribution in [3.05, 3.63) is 28.4 Å². The van der Waals surface area contributed by atoms with E-state index in [1.807, 2.05) is 42.4 Å². The Hall–Kier alpha value is -3.26. The summed E-state index contributed by atoms with van der Waals surface area (Å²) in [7, 11) is 0. The smallest absolute Gasteiger partial charge is 0.408 e. The lowest BCUT2D eigenvalue weighted by atomic mass is 9.70. The van der Waals surface area contributed by atoms with Gasteiger partial charge >= 0.3 is 6.09 Å². The average molecular weight is 675 g/mol. The molecule has 0 bridgehead atoms. The van der Waals surface area contributed by atoms with Crippen LogP contribution >= 0.6 is 27.7 Å². The summed E-state index contributed by atoms with van der Waals surface area (Å²) in [5.41, 5.74) is -0.141. The minimum Gasteiger partial charge on any atom is -0.465 e. The number of carbonyl (C=O) groups is 2. The van der Waals surface area contributed by atoms with Crippen molar-refractivity contribution in [2.75, 3.05) is 26.4 Å². The molecular formula is C29H36BrN7O5S. The number of aromatic nitrogens is 4. The average Bonchev–Trinajstić information content (AvgIpc) is 3.71. The number of aryl methyl sites for hydroxylation is 1. The van der Waals surface area contributed by atoms with Crippen LogP contribution in [-0.4, -0.2) is 78.4 Å². The van der Waals surface area contributed by atoms with E-state index in [1.165, 1.54) is 16.7 Å². The van der Waals surface area contributed by atoms with E-state index in [-0.39, 0.29) is 18.2 Å². The van der Waals surface area contributed by atoms with E-state index >= 15 is 0 Å². The fourth-order valence-corrected chi connectivity index (χ4v) is 8.05. The number of rotatable bonds is 6. The molecule has 12 nitrogen and oxygen atoms in total. The van der Waals surface area contributed by atoms with Gasteiger partial charge in [-0.05, 0) is 71.5 Å². The number of hydrogen-bond donors (Lipinski definition) is 3. The molecule has 230 valence electrons. The van der Waals surface area contributed by atoms with Gasteiger partial charge in [0.25, 0.3) is 0 Å². The minimum atomic E-state index is -1.03. The number of nitrogens with zero attached hydrogens (tertiary/aromatic N) is 5. The number of carboxylic acid groups (broad SMARTS) is 1. The van der Waals surface area contributed by atoms with Crippen LogP contribution in [0.15, 0.2) is 33.0 Å². The summed E-state index contributed by atoms with van der Waals surface area (Å²) >= 11 is 5.03. The summed E-state index contributed by atoms with van der Waals surface area (Å²) in [5, 5.41) is 18.9. The van der Waals surface area contributed by atoms with Gasteiger partial charge in [-0.2, -0.15) is 0 Å². The first-order valence-electron chi connectivity index (χ1n) is 14.5. The SMILES string of the molecule is CC(C)(C)[C@]1(C(=O)N2CCC(CCn3cnc(=N)c4[nH]c(Sc5cc6c(cc5Br)OCO6)nc43)CC2)CCCN1C(=O)O. The van der Waals surface area contributed by atoms with Gasteiger partial charge in [0.05, 0.1) is 6.33 Å². The van der Waals surface area contributed by atoms with Crippen LogP contribution in [0.4, 0.5) is 4.79 Å². The molecule has 6 rings (SSSR count). The van der Waals surface area contributed by atoms with E-state index < -0.39 is 17.0 Å². The van der Waals surface area contributed by atoms with E-state index in [0.717, 1.165) is 28.6 Å². The number of ether oxygens (including phenoxy) is 2. The van der Waals surface area contributed by atoms with Crippen LogP contribution in [0.3, 0.4) is 0 Å². The number of piperidine rings is 1. The molecule has 3 aliphatic heterocycles. The number of aromatic amines is 1. The molecule has 3 N–H and O–H groups in total. The Morgan fingerprint density at radius 2 is 1.93 bits per heavy atom. The molecule has 3 aromatic rings. The molecule has 2 aromatic heterocycles. The van der Waals surface area contributed by atoms with Crippen molar-refractivity contribution in [2.45, 2.75) is 75.0 Å². The maximum atomic E-state index is 13.9. The van der Waals surface area contributed by atoms with Crippen molar-refractivity contribution >= 4 is 50.9 Å². The van der Waals surface area contributed by atoms with Gasteiger partial charge in [0.2, 0.25) is 12.7 Å². The van der Waals surface area contributed by atoms with Crippen LogP contribution in [0, 0.1) is 16.7 Å². The normalized spacial score (nSPS) is 20.7. The maximum Gasteiger partial charge on any atom is 0.408 e. The topological polar surface area (TPSA) is 150 Å². The lowest BCUT2D eigenvalue weighted by molar-refractivity contribution is -0.150. The molecule has 0 unspecified atom stereocenters. The van der Waals surface area contributed by atoms with Gasteiger partial charge < -0.3 is 29.0 Å². The van der Waals surface area contributed by atoms with Gasteiger partial charge in [-0.25, -0.2) is 14.8 Å². The molecule has 0 spiro atoms. The van der Waals surface area contributed by atoms with Gasteiger partial charge in [0.1, 0.15) is 11.1 Å². The number of carbonyl (C=O) groups excluding carboxylic acids is 1. The molecule has 1 atom stereocenters. The van der Waals surface area contributed by atoms with Crippen molar-refractivity contribution in [3.63, 3.8) is 0 Å². The van der Waals surface area contributed by atoms with Crippen LogP contribution in [0.2, 0.25) is 0 Å². The fourth-order valence-electron chi connectivity index (χ4n) is 6.66. The zero-order chi connectivity index (χ0) is 30.5. The van der Waals surface area contributed by atoms with Crippen LogP contribution in [0.25, 0.3) is 11.2 Å². The third-order valence-corrected chi connectivity index (χ3v) is 10.9. The highest BCUT2D eigenvalue weighted by Crippen LogP contribution is 2.46. The van der Waals surface area contributed by atoms with Crippen molar-refractivity contribution in [2.24, 2.45) is 11.3 Å². The van der Waals surface area contributed by atoms with E-state index in [9.17, 15) is 14.7 Å². The molecule has 2 saturated heterocycles. The molecule has 2 fully saturated rings. The molecule has 0 saturated carbocycles. The van der Waals surface area contributed by atoms with Gasteiger partial charge in [-0.15, -0.1) is 0 Å². The Balaban J connectivity index is 1.12. The lowest BCUT2D eigenvalue weighted by Crippen LogP contribution is -2.65. The summed E-state index contributed by atoms with van der Waals surface area (Å²) in [6, 6.07) is 3.78. The second kappa shape index (κ2) is 11.3. The molecule has 3 aliphatic rings. The number of hydrogen-bond acceptors (Lipinski definition) is 8. The first kappa shape index (κ1) is 29.8. The van der Waals surface area contributed by atoms with Crippen LogP contribution in [0.5, 0.6) is 11.5 Å². The number of benzene rings is 1. The first-order chi connectivity index (χ1) is 20.5. The Labute approximate surface area is 261 Å². The minimum absolute atomic E-state index is 0.0553. The quantitative estimate of drug-likeness (QED) is 0.328. The third kappa shape index (κ3) is 5.36. The number of imidazole rings is 1. The highest BCUT2D eigenvalue weighted by atomic mass is 79.9. The van der Waals surface area contributed by atoms with E-state index in [1.54, 1.807) is 6.33 Å². The van der Waals surface area contributed by atoms with Crippen LogP contribution < -0.4 is 15.0 Å². The monoisotopic (exact) mass is 673 g/mol. The lowest BCUT2D eigenvalue weighted by Gasteiger charge is -2.48. The molecular weight excluding hydrogens is 638 g/mol. The third-order valence-electron chi connectivity index (χ3n) is 9.02. The van der Waals surface area contributed by atoms with E-state index in [0.29, 0.717) is 72.8 Å². The number of likely N-dealkylation sites (tertiary alicyclic amines) is 2. The second-order valence-corrected chi connectivity index (χ2v) is 14.3. The predicted octanol–water partition coefficient (Wildman–Crippen LogP) is 5.07. The number of amides is 2. The summed E-state index contributed by atoms with van der Waals surface area (Å²) in [6.07, 6.45) is 4.50. The molecule has 0 radical (unpaired) electrons.